The Bertz CT molecular complexity index is 1260. The number of nitrogens with zero attached hydrogens (tertiary/aromatic N) is 5. The van der Waals surface area contributed by atoms with Gasteiger partial charge in [0, 0.05) is 49.2 Å². The summed E-state index contributed by atoms with van der Waals surface area (Å²) in [7, 11) is 0. The van der Waals surface area contributed by atoms with Crippen LogP contribution in [0.3, 0.4) is 0 Å². The molecule has 4 aromatic rings. The number of hydrogen-bond donors (Lipinski definition) is 0. The summed E-state index contributed by atoms with van der Waals surface area (Å²) in [6.07, 6.45) is 3.87. The number of rotatable bonds is 4. The number of hydrogen-bond acceptors (Lipinski definition) is 6. The van der Waals surface area contributed by atoms with Crippen molar-refractivity contribution in [2.45, 2.75) is 12.8 Å². The van der Waals surface area contributed by atoms with Crippen molar-refractivity contribution in [3.05, 3.63) is 60.1 Å². The Labute approximate surface area is 190 Å². The Morgan fingerprint density at radius 1 is 0.938 bits per heavy atom. The second kappa shape index (κ2) is 7.98. The first kappa shape index (κ1) is 19.4. The molecule has 7 heteroatoms. The Balaban J connectivity index is 1.42. The second-order valence-electron chi connectivity index (χ2n) is 8.37. The zero-order valence-corrected chi connectivity index (χ0v) is 18.5. The molecule has 6 nitrogen and oxygen atoms in total. The van der Waals surface area contributed by atoms with Gasteiger partial charge in [0.1, 0.15) is 16.3 Å². The largest absolute Gasteiger partial charge is 0.352 e. The lowest BCUT2D eigenvalue weighted by Crippen LogP contribution is -2.49. The van der Waals surface area contributed by atoms with Gasteiger partial charge in [-0.25, -0.2) is 9.97 Å². The number of aromatic nitrogens is 3. The molecule has 3 aromatic heterocycles. The minimum Gasteiger partial charge on any atom is -0.352 e. The summed E-state index contributed by atoms with van der Waals surface area (Å²) in [5.41, 5.74) is 3.09. The number of thiophene rings is 1. The average molecular weight is 442 g/mol. The molecule has 0 bridgehead atoms. The van der Waals surface area contributed by atoms with E-state index in [-0.39, 0.29) is 5.92 Å². The maximum Gasteiger partial charge on any atom is 0.225 e. The van der Waals surface area contributed by atoms with Gasteiger partial charge in [0.05, 0.1) is 5.39 Å². The fourth-order valence-electron chi connectivity index (χ4n) is 4.32. The maximum atomic E-state index is 12.5. The molecule has 32 heavy (non-hydrogen) atoms. The molecule has 6 rings (SSSR count). The van der Waals surface area contributed by atoms with Crippen LogP contribution in [0.25, 0.3) is 32.9 Å². The number of fused-ring (bicyclic) bond motifs is 1. The molecule has 0 atom stereocenters. The predicted octanol–water partition coefficient (Wildman–Crippen LogP) is 4.48. The van der Waals surface area contributed by atoms with Crippen molar-refractivity contribution in [3.8, 4) is 22.6 Å². The number of pyridine rings is 1. The Kier molecular flexibility index (Phi) is 4.83. The lowest BCUT2D eigenvalue weighted by atomic mass is 10.1. The van der Waals surface area contributed by atoms with Crippen molar-refractivity contribution in [1.82, 2.24) is 19.9 Å². The summed E-state index contributed by atoms with van der Waals surface area (Å²) >= 11 is 1.64. The van der Waals surface area contributed by atoms with E-state index in [0.717, 1.165) is 71.9 Å². The zero-order chi connectivity index (χ0) is 21.5. The highest BCUT2D eigenvalue weighted by molar-refractivity contribution is 7.17. The average Bonchev–Trinajstić information content (AvgIpc) is 3.63. The van der Waals surface area contributed by atoms with Crippen LogP contribution < -0.4 is 4.90 Å². The summed E-state index contributed by atoms with van der Waals surface area (Å²) < 4.78 is 0. The molecular formula is C25H23N5OS. The van der Waals surface area contributed by atoms with Crippen LogP contribution in [0.4, 0.5) is 5.82 Å². The van der Waals surface area contributed by atoms with Crippen LogP contribution in [-0.2, 0) is 4.79 Å². The lowest BCUT2D eigenvalue weighted by molar-refractivity contribution is -0.132. The van der Waals surface area contributed by atoms with E-state index in [1.165, 1.54) is 0 Å². The van der Waals surface area contributed by atoms with Crippen LogP contribution in [-0.4, -0.2) is 51.9 Å². The summed E-state index contributed by atoms with van der Waals surface area (Å²) in [5.74, 6) is 2.18. The van der Waals surface area contributed by atoms with E-state index in [1.54, 1.807) is 17.5 Å². The predicted molar refractivity (Wildman–Crippen MR) is 128 cm³/mol. The molecule has 0 unspecified atom stereocenters. The van der Waals surface area contributed by atoms with E-state index in [2.05, 4.69) is 39.5 Å². The molecule has 1 saturated heterocycles. The Morgan fingerprint density at radius 2 is 1.72 bits per heavy atom. The van der Waals surface area contributed by atoms with Gasteiger partial charge in [-0.15, -0.1) is 11.3 Å². The number of anilines is 1. The first-order valence-electron chi connectivity index (χ1n) is 11.1. The number of amides is 1. The summed E-state index contributed by atoms with van der Waals surface area (Å²) in [5, 5.41) is 3.26. The first-order chi connectivity index (χ1) is 15.8. The lowest BCUT2D eigenvalue weighted by Gasteiger charge is -2.36. The molecule has 1 aliphatic carbocycles. The van der Waals surface area contributed by atoms with Crippen molar-refractivity contribution in [2.75, 3.05) is 31.1 Å². The maximum absolute atomic E-state index is 12.5. The summed E-state index contributed by atoms with van der Waals surface area (Å²) in [4.78, 5) is 32.2. The van der Waals surface area contributed by atoms with E-state index in [9.17, 15) is 4.79 Å². The van der Waals surface area contributed by atoms with Gasteiger partial charge in [-0.1, -0.05) is 36.4 Å². The number of benzene rings is 1. The molecule has 1 amide bonds. The first-order valence-corrected chi connectivity index (χ1v) is 12.0. The van der Waals surface area contributed by atoms with Crippen molar-refractivity contribution in [1.29, 1.82) is 0 Å². The minimum atomic E-state index is 0.268. The van der Waals surface area contributed by atoms with Crippen molar-refractivity contribution >= 4 is 33.3 Å². The zero-order valence-electron chi connectivity index (χ0n) is 17.6. The molecule has 0 N–H and O–H groups in total. The van der Waals surface area contributed by atoms with Gasteiger partial charge >= 0.3 is 0 Å². The summed E-state index contributed by atoms with van der Waals surface area (Å²) in [6, 6.07) is 16.2. The smallest absolute Gasteiger partial charge is 0.225 e. The van der Waals surface area contributed by atoms with Gasteiger partial charge < -0.3 is 9.80 Å². The van der Waals surface area contributed by atoms with E-state index in [4.69, 9.17) is 9.97 Å². The molecule has 2 aliphatic rings. The van der Waals surface area contributed by atoms with Gasteiger partial charge in [0.2, 0.25) is 5.91 Å². The number of carbonyl (C=O) groups excluding carboxylic acids is 1. The van der Waals surface area contributed by atoms with Gasteiger partial charge in [-0.2, -0.15) is 0 Å². The molecule has 2 fully saturated rings. The van der Waals surface area contributed by atoms with Crippen molar-refractivity contribution in [3.63, 3.8) is 0 Å². The monoisotopic (exact) mass is 441 g/mol. The Hall–Kier alpha value is -3.32. The van der Waals surface area contributed by atoms with Crippen LogP contribution in [0, 0.1) is 5.92 Å². The van der Waals surface area contributed by atoms with E-state index in [0.29, 0.717) is 11.7 Å². The van der Waals surface area contributed by atoms with Gasteiger partial charge in [0.25, 0.3) is 0 Å². The van der Waals surface area contributed by atoms with E-state index in [1.807, 2.05) is 29.2 Å². The highest BCUT2D eigenvalue weighted by Crippen LogP contribution is 2.40. The molecule has 160 valence electrons. The normalized spacial score (nSPS) is 16.5. The molecule has 1 aliphatic heterocycles. The molecular weight excluding hydrogens is 418 g/mol. The van der Waals surface area contributed by atoms with Gasteiger partial charge in [-0.05, 0) is 30.5 Å². The number of carbonyl (C=O) groups is 1. The van der Waals surface area contributed by atoms with Crippen LogP contribution in [0.5, 0.6) is 0 Å². The highest BCUT2D eigenvalue weighted by Gasteiger charge is 2.35. The fraction of sp³-hybridized carbons (Fsp3) is 0.280. The topological polar surface area (TPSA) is 62.2 Å². The third kappa shape index (κ3) is 3.52. The van der Waals surface area contributed by atoms with Crippen LogP contribution >= 0.6 is 11.3 Å². The third-order valence-corrected chi connectivity index (χ3v) is 7.08. The van der Waals surface area contributed by atoms with Gasteiger partial charge in [-0.3, -0.25) is 9.78 Å². The molecule has 0 spiro atoms. The second-order valence-corrected chi connectivity index (χ2v) is 9.23. The van der Waals surface area contributed by atoms with Crippen molar-refractivity contribution in [2.24, 2.45) is 5.92 Å². The van der Waals surface area contributed by atoms with Crippen LogP contribution in [0.2, 0.25) is 0 Å². The molecule has 1 aromatic carbocycles. The standard InChI is InChI=1S/C25H23N5OS/c31-25(18-9-10-18)30-14-12-29(13-15-30)23-21-19(17-6-2-1-3-7-17)16-32-24(21)28-22(27-23)20-8-4-5-11-26-20/h1-8,11,16,18H,9-10,12-15H2. The van der Waals surface area contributed by atoms with Gasteiger partial charge in [0.15, 0.2) is 5.82 Å². The number of piperazine rings is 1. The van der Waals surface area contributed by atoms with Crippen LogP contribution in [0.15, 0.2) is 60.1 Å². The fourth-order valence-corrected chi connectivity index (χ4v) is 5.26. The van der Waals surface area contributed by atoms with E-state index >= 15 is 0 Å². The molecule has 1 saturated carbocycles. The molecule has 4 heterocycles. The minimum absolute atomic E-state index is 0.268. The third-order valence-electron chi connectivity index (χ3n) is 6.21. The Morgan fingerprint density at radius 3 is 2.44 bits per heavy atom. The quantitative estimate of drug-likeness (QED) is 0.467. The van der Waals surface area contributed by atoms with Crippen molar-refractivity contribution < 1.29 is 4.79 Å². The summed E-state index contributed by atoms with van der Waals surface area (Å²) in [6.45, 7) is 3.03. The van der Waals surface area contributed by atoms with Crippen LogP contribution in [0.1, 0.15) is 12.8 Å². The SMILES string of the molecule is O=C(C1CC1)N1CCN(c2nc(-c3ccccn3)nc3scc(-c4ccccc4)c23)CC1. The van der Waals surface area contributed by atoms with E-state index < -0.39 is 0 Å². The highest BCUT2D eigenvalue weighted by atomic mass is 32.1. The molecule has 0 radical (unpaired) electrons.